The molecular formula is C24H30N8O2. The SMILES string of the molecule is C=C/C(=c1/nc(-c2nnc3c4c(cnn23)N(CCOC)CCO4)cc/c1=C/C)N1CCNCC1. The fourth-order valence-electron chi connectivity index (χ4n) is 4.47. The second-order valence-electron chi connectivity index (χ2n) is 8.20. The quantitative estimate of drug-likeness (QED) is 0.545. The number of fused-ring (bicyclic) bond motifs is 3. The summed E-state index contributed by atoms with van der Waals surface area (Å²) in [4.78, 5) is 9.54. The molecule has 0 unspecified atom stereocenters. The van der Waals surface area contributed by atoms with Crippen LogP contribution in [-0.2, 0) is 4.74 Å². The Morgan fingerprint density at radius 3 is 2.85 bits per heavy atom. The number of rotatable bonds is 6. The minimum absolute atomic E-state index is 0.572. The van der Waals surface area contributed by atoms with E-state index in [0.717, 1.165) is 61.2 Å². The predicted octanol–water partition coefficient (Wildman–Crippen LogP) is 0.0313. The van der Waals surface area contributed by atoms with Crippen LogP contribution in [-0.4, -0.2) is 89.3 Å². The number of methoxy groups -OCH3 is 1. The summed E-state index contributed by atoms with van der Waals surface area (Å²) in [5.41, 5.74) is 3.20. The number of piperazine rings is 1. The molecule has 178 valence electrons. The first-order chi connectivity index (χ1) is 16.7. The second kappa shape index (κ2) is 9.78. The van der Waals surface area contributed by atoms with Crippen molar-refractivity contribution in [2.45, 2.75) is 6.92 Å². The van der Waals surface area contributed by atoms with Gasteiger partial charge >= 0.3 is 0 Å². The maximum absolute atomic E-state index is 5.99. The fourth-order valence-corrected chi connectivity index (χ4v) is 4.47. The molecule has 0 spiro atoms. The molecule has 5 rings (SSSR count). The van der Waals surface area contributed by atoms with E-state index in [1.807, 2.05) is 19.1 Å². The van der Waals surface area contributed by atoms with E-state index in [1.54, 1.807) is 17.8 Å². The maximum Gasteiger partial charge on any atom is 0.222 e. The summed E-state index contributed by atoms with van der Waals surface area (Å²) in [6, 6.07) is 4.02. The number of nitrogens with one attached hydrogen (secondary N) is 1. The van der Waals surface area contributed by atoms with Crippen molar-refractivity contribution in [3.63, 3.8) is 0 Å². The molecule has 2 aliphatic heterocycles. The van der Waals surface area contributed by atoms with Crippen LogP contribution >= 0.6 is 0 Å². The van der Waals surface area contributed by atoms with E-state index in [2.05, 4.69) is 49.1 Å². The summed E-state index contributed by atoms with van der Waals surface area (Å²) >= 11 is 0. The van der Waals surface area contributed by atoms with E-state index in [0.29, 0.717) is 36.1 Å². The molecule has 0 aromatic carbocycles. The minimum atomic E-state index is 0.572. The first-order valence-electron chi connectivity index (χ1n) is 11.6. The molecule has 1 saturated heterocycles. The number of hydrogen-bond donors (Lipinski definition) is 1. The molecule has 1 N–H and O–H groups in total. The van der Waals surface area contributed by atoms with Crippen LogP contribution in [0.1, 0.15) is 6.92 Å². The number of nitrogens with zero attached hydrogens (tertiary/aromatic N) is 7. The van der Waals surface area contributed by atoms with E-state index in [4.69, 9.17) is 14.5 Å². The van der Waals surface area contributed by atoms with E-state index in [-0.39, 0.29) is 0 Å². The van der Waals surface area contributed by atoms with Gasteiger partial charge in [0.1, 0.15) is 18.0 Å². The van der Waals surface area contributed by atoms with Crippen LogP contribution in [0.2, 0.25) is 0 Å². The molecule has 2 aliphatic rings. The molecule has 10 heteroatoms. The molecule has 34 heavy (non-hydrogen) atoms. The highest BCUT2D eigenvalue weighted by Crippen LogP contribution is 2.34. The highest BCUT2D eigenvalue weighted by Gasteiger charge is 2.25. The van der Waals surface area contributed by atoms with Gasteiger partial charge in [-0.05, 0) is 24.3 Å². The van der Waals surface area contributed by atoms with Crippen molar-refractivity contribution in [1.82, 2.24) is 35.0 Å². The van der Waals surface area contributed by atoms with Crippen molar-refractivity contribution < 1.29 is 9.47 Å². The molecule has 5 heterocycles. The zero-order chi connectivity index (χ0) is 23.5. The largest absolute Gasteiger partial charge is 0.486 e. The van der Waals surface area contributed by atoms with Crippen LogP contribution < -0.4 is 25.5 Å². The van der Waals surface area contributed by atoms with Gasteiger partial charge in [0, 0.05) is 39.8 Å². The molecule has 0 amide bonds. The Balaban J connectivity index is 1.62. The third-order valence-corrected chi connectivity index (χ3v) is 6.25. The van der Waals surface area contributed by atoms with Crippen molar-refractivity contribution >= 4 is 23.1 Å². The molecule has 0 atom stereocenters. The van der Waals surface area contributed by atoms with Gasteiger partial charge in [0.25, 0.3) is 0 Å². The van der Waals surface area contributed by atoms with Gasteiger partial charge in [-0.25, -0.2) is 4.98 Å². The van der Waals surface area contributed by atoms with E-state index in [1.165, 1.54) is 0 Å². The molecule has 0 aliphatic carbocycles. The Hall–Kier alpha value is -3.50. The molecule has 3 aromatic rings. The standard InChI is InChI=1S/C24H30N8O2/c1-4-17-6-7-18(27-21(17)19(5-2)30-10-8-25-9-11-30)23-28-29-24-22-20(16-26-32(23)24)31(12-14-33-3)13-15-34-22/h4-7,16,25H,2,8-15H2,1,3H3/b17-4-,21-19-. The summed E-state index contributed by atoms with van der Waals surface area (Å²) in [5, 5.41) is 18.9. The Kier molecular flexibility index (Phi) is 6.41. The van der Waals surface area contributed by atoms with Gasteiger partial charge in [0.05, 0.1) is 30.4 Å². The zero-order valence-electron chi connectivity index (χ0n) is 19.7. The topological polar surface area (TPSA) is 92.9 Å². The fraction of sp³-hybridized carbons (Fsp3) is 0.417. The highest BCUT2D eigenvalue weighted by atomic mass is 16.5. The molecule has 0 bridgehead atoms. The third kappa shape index (κ3) is 3.99. The number of pyridine rings is 1. The van der Waals surface area contributed by atoms with Gasteiger partial charge in [0.2, 0.25) is 11.5 Å². The van der Waals surface area contributed by atoms with E-state index in [9.17, 15) is 0 Å². The number of ether oxygens (including phenoxy) is 2. The van der Waals surface area contributed by atoms with Gasteiger partial charge in [0.15, 0.2) is 5.75 Å². The highest BCUT2D eigenvalue weighted by molar-refractivity contribution is 5.72. The molecule has 0 radical (unpaired) electrons. The molecule has 0 saturated carbocycles. The van der Waals surface area contributed by atoms with Crippen molar-refractivity contribution in [3.05, 3.63) is 41.6 Å². The van der Waals surface area contributed by atoms with Gasteiger partial charge in [-0.1, -0.05) is 18.7 Å². The maximum atomic E-state index is 5.99. The Morgan fingerprint density at radius 1 is 1.24 bits per heavy atom. The normalized spacial score (nSPS) is 17.5. The third-order valence-electron chi connectivity index (χ3n) is 6.25. The monoisotopic (exact) mass is 462 g/mol. The summed E-state index contributed by atoms with van der Waals surface area (Å²) in [7, 11) is 1.70. The van der Waals surface area contributed by atoms with Crippen LogP contribution in [0.5, 0.6) is 5.75 Å². The Bertz CT molecular complexity index is 1310. The van der Waals surface area contributed by atoms with Crippen LogP contribution in [0.25, 0.3) is 28.9 Å². The smallest absolute Gasteiger partial charge is 0.222 e. The average Bonchev–Trinajstić information content (AvgIpc) is 3.33. The van der Waals surface area contributed by atoms with Crippen molar-refractivity contribution in [1.29, 1.82) is 0 Å². The zero-order valence-corrected chi connectivity index (χ0v) is 19.7. The number of aromatic nitrogens is 5. The molecule has 10 nitrogen and oxygen atoms in total. The molecule has 3 aromatic heterocycles. The summed E-state index contributed by atoms with van der Waals surface area (Å²) < 4.78 is 12.9. The summed E-state index contributed by atoms with van der Waals surface area (Å²) in [6.07, 6.45) is 5.77. The van der Waals surface area contributed by atoms with E-state index >= 15 is 0 Å². The van der Waals surface area contributed by atoms with E-state index < -0.39 is 0 Å². The lowest BCUT2D eigenvalue weighted by atomic mass is 10.2. The lowest BCUT2D eigenvalue weighted by molar-refractivity contribution is 0.201. The lowest BCUT2D eigenvalue weighted by Gasteiger charge is -2.30. The Labute approximate surface area is 198 Å². The van der Waals surface area contributed by atoms with Gasteiger partial charge in [-0.15, -0.1) is 10.2 Å². The minimum Gasteiger partial charge on any atom is -0.486 e. The first-order valence-corrected chi connectivity index (χ1v) is 11.6. The number of hydrogen-bond acceptors (Lipinski definition) is 9. The van der Waals surface area contributed by atoms with Crippen molar-refractivity contribution in [2.75, 3.05) is 64.5 Å². The molecule has 1 fully saturated rings. The van der Waals surface area contributed by atoms with Gasteiger partial charge in [-0.3, -0.25) is 0 Å². The van der Waals surface area contributed by atoms with Crippen LogP contribution in [0.3, 0.4) is 0 Å². The van der Waals surface area contributed by atoms with Crippen molar-refractivity contribution in [2.24, 2.45) is 0 Å². The van der Waals surface area contributed by atoms with Crippen LogP contribution in [0.15, 0.2) is 31.0 Å². The second-order valence-corrected chi connectivity index (χ2v) is 8.20. The van der Waals surface area contributed by atoms with Gasteiger partial charge < -0.3 is 24.6 Å². The van der Waals surface area contributed by atoms with Gasteiger partial charge in [-0.2, -0.15) is 9.61 Å². The first kappa shape index (κ1) is 22.3. The average molecular weight is 463 g/mol. The lowest BCUT2D eigenvalue weighted by Crippen LogP contribution is -2.45. The Morgan fingerprint density at radius 2 is 2.09 bits per heavy atom. The molecular weight excluding hydrogens is 432 g/mol. The predicted molar refractivity (Wildman–Crippen MR) is 131 cm³/mol. The number of anilines is 1. The van der Waals surface area contributed by atoms with Crippen molar-refractivity contribution in [3.8, 4) is 17.3 Å². The van der Waals surface area contributed by atoms with Crippen LogP contribution in [0.4, 0.5) is 5.69 Å². The summed E-state index contributed by atoms with van der Waals surface area (Å²) in [6.45, 7) is 12.5. The van der Waals surface area contributed by atoms with Crippen LogP contribution in [0, 0.1) is 0 Å². The summed E-state index contributed by atoms with van der Waals surface area (Å²) in [5.74, 6) is 1.26.